The normalized spacial score (nSPS) is 16.7. The number of hydrogen-bond acceptors (Lipinski definition) is 5. The first kappa shape index (κ1) is 13.1. The summed E-state index contributed by atoms with van der Waals surface area (Å²) >= 11 is 0. The summed E-state index contributed by atoms with van der Waals surface area (Å²) in [5.74, 6) is 1.43. The second-order valence-electron chi connectivity index (χ2n) is 4.95. The molecule has 0 unspecified atom stereocenters. The van der Waals surface area contributed by atoms with Gasteiger partial charge in [-0.25, -0.2) is 0 Å². The Morgan fingerprint density at radius 1 is 1.39 bits per heavy atom. The molecule has 0 radical (unpaired) electrons. The van der Waals surface area contributed by atoms with E-state index >= 15 is 0 Å². The molecule has 100 valence electrons. The van der Waals surface area contributed by atoms with Crippen LogP contribution in [0.4, 0.5) is 5.82 Å². The first-order valence-corrected chi connectivity index (χ1v) is 6.20. The molecule has 0 aromatic carbocycles. The average molecular weight is 252 g/mol. The topological polar surface area (TPSA) is 54.8 Å². The van der Waals surface area contributed by atoms with E-state index < -0.39 is 5.60 Å². The molecule has 1 aromatic heterocycles. The standard InChI is InChI=1S/C13H20N2O3/c1-13(2,10-16)18-12-5-3-4-11(14-12)15-6-8-17-9-7-15/h3-5,16H,6-10H2,1-2H3. The summed E-state index contributed by atoms with van der Waals surface area (Å²) in [6, 6.07) is 5.69. The van der Waals surface area contributed by atoms with Crippen LogP contribution >= 0.6 is 0 Å². The zero-order chi connectivity index (χ0) is 13.0. The van der Waals surface area contributed by atoms with Gasteiger partial charge in [0.25, 0.3) is 0 Å². The Bertz CT molecular complexity index is 390. The number of aliphatic hydroxyl groups is 1. The van der Waals surface area contributed by atoms with E-state index in [0.29, 0.717) is 5.88 Å². The van der Waals surface area contributed by atoms with Crippen LogP contribution in [-0.4, -0.2) is 48.6 Å². The number of anilines is 1. The predicted octanol–water partition coefficient (Wildman–Crippen LogP) is 1.07. The number of rotatable bonds is 4. The molecule has 0 amide bonds. The molecule has 1 aliphatic rings. The highest BCUT2D eigenvalue weighted by Gasteiger charge is 2.20. The molecule has 18 heavy (non-hydrogen) atoms. The molecule has 1 N–H and O–H groups in total. The smallest absolute Gasteiger partial charge is 0.215 e. The molecule has 0 saturated carbocycles. The molecule has 2 rings (SSSR count). The van der Waals surface area contributed by atoms with Crippen molar-refractivity contribution >= 4 is 5.82 Å². The Kier molecular flexibility index (Phi) is 4.04. The van der Waals surface area contributed by atoms with E-state index in [2.05, 4.69) is 9.88 Å². The van der Waals surface area contributed by atoms with Crippen LogP contribution < -0.4 is 9.64 Å². The Labute approximate surface area is 107 Å². The van der Waals surface area contributed by atoms with Gasteiger partial charge in [0, 0.05) is 19.2 Å². The molecule has 0 spiro atoms. The Morgan fingerprint density at radius 2 is 2.11 bits per heavy atom. The van der Waals surface area contributed by atoms with E-state index in [1.807, 2.05) is 26.0 Å². The summed E-state index contributed by atoms with van der Waals surface area (Å²) in [4.78, 5) is 6.64. The highest BCUT2D eigenvalue weighted by molar-refractivity contribution is 5.41. The van der Waals surface area contributed by atoms with Gasteiger partial charge in [-0.2, -0.15) is 4.98 Å². The van der Waals surface area contributed by atoms with Gasteiger partial charge in [0.1, 0.15) is 11.4 Å². The van der Waals surface area contributed by atoms with Crippen molar-refractivity contribution in [3.63, 3.8) is 0 Å². The van der Waals surface area contributed by atoms with Crippen molar-refractivity contribution in [3.8, 4) is 5.88 Å². The average Bonchev–Trinajstić information content (AvgIpc) is 2.40. The van der Waals surface area contributed by atoms with Gasteiger partial charge >= 0.3 is 0 Å². The van der Waals surface area contributed by atoms with Crippen LogP contribution in [0.15, 0.2) is 18.2 Å². The number of pyridine rings is 1. The molecule has 0 atom stereocenters. The highest BCUT2D eigenvalue weighted by Crippen LogP contribution is 2.20. The fourth-order valence-electron chi connectivity index (χ4n) is 1.74. The maximum absolute atomic E-state index is 9.19. The number of aliphatic hydroxyl groups excluding tert-OH is 1. The highest BCUT2D eigenvalue weighted by atomic mass is 16.5. The lowest BCUT2D eigenvalue weighted by Crippen LogP contribution is -2.37. The maximum Gasteiger partial charge on any atom is 0.215 e. The summed E-state index contributed by atoms with van der Waals surface area (Å²) < 4.78 is 11.0. The maximum atomic E-state index is 9.19. The van der Waals surface area contributed by atoms with Crippen LogP contribution in [0.5, 0.6) is 5.88 Å². The predicted molar refractivity (Wildman–Crippen MR) is 69.1 cm³/mol. The van der Waals surface area contributed by atoms with E-state index in [-0.39, 0.29) is 6.61 Å². The minimum Gasteiger partial charge on any atom is -0.469 e. The van der Waals surface area contributed by atoms with Crippen LogP contribution in [0, 0.1) is 0 Å². The van der Waals surface area contributed by atoms with Crippen molar-refractivity contribution in [3.05, 3.63) is 18.2 Å². The van der Waals surface area contributed by atoms with Crippen molar-refractivity contribution in [1.82, 2.24) is 4.98 Å². The minimum atomic E-state index is -0.614. The molecule has 5 nitrogen and oxygen atoms in total. The molecule has 2 heterocycles. The van der Waals surface area contributed by atoms with Crippen LogP contribution in [-0.2, 0) is 4.74 Å². The Morgan fingerprint density at radius 3 is 2.78 bits per heavy atom. The van der Waals surface area contributed by atoms with E-state index in [4.69, 9.17) is 9.47 Å². The lowest BCUT2D eigenvalue weighted by Gasteiger charge is -2.29. The van der Waals surface area contributed by atoms with E-state index in [0.717, 1.165) is 32.1 Å². The molecule has 1 aromatic rings. The summed E-state index contributed by atoms with van der Waals surface area (Å²) in [7, 11) is 0. The molecular formula is C13H20N2O3. The van der Waals surface area contributed by atoms with E-state index in [9.17, 15) is 5.11 Å². The molecule has 5 heteroatoms. The number of aromatic nitrogens is 1. The van der Waals surface area contributed by atoms with Gasteiger partial charge in [-0.05, 0) is 19.9 Å². The van der Waals surface area contributed by atoms with Crippen molar-refractivity contribution in [2.24, 2.45) is 0 Å². The first-order chi connectivity index (χ1) is 8.61. The number of ether oxygens (including phenoxy) is 2. The number of morpholine rings is 1. The van der Waals surface area contributed by atoms with Crippen molar-refractivity contribution in [2.45, 2.75) is 19.4 Å². The molecule has 1 aliphatic heterocycles. The second kappa shape index (κ2) is 5.54. The molecule has 0 aliphatic carbocycles. The third kappa shape index (κ3) is 3.34. The SMILES string of the molecule is CC(C)(CO)Oc1cccc(N2CCOCC2)n1. The molecular weight excluding hydrogens is 232 g/mol. The van der Waals surface area contributed by atoms with Gasteiger partial charge in [-0.1, -0.05) is 6.07 Å². The first-order valence-electron chi connectivity index (χ1n) is 6.20. The molecule has 1 saturated heterocycles. The van der Waals surface area contributed by atoms with Crippen molar-refractivity contribution in [1.29, 1.82) is 0 Å². The number of nitrogens with zero attached hydrogens (tertiary/aromatic N) is 2. The summed E-state index contributed by atoms with van der Waals surface area (Å²) in [6.45, 7) is 6.77. The van der Waals surface area contributed by atoms with Crippen molar-refractivity contribution < 1.29 is 14.6 Å². The van der Waals surface area contributed by atoms with Crippen LogP contribution in [0.2, 0.25) is 0 Å². The monoisotopic (exact) mass is 252 g/mol. The Balaban J connectivity index is 2.09. The summed E-state index contributed by atoms with van der Waals surface area (Å²) in [6.07, 6.45) is 0. The lowest BCUT2D eigenvalue weighted by atomic mass is 10.1. The summed E-state index contributed by atoms with van der Waals surface area (Å²) in [5, 5.41) is 9.19. The van der Waals surface area contributed by atoms with Crippen LogP contribution in [0.1, 0.15) is 13.8 Å². The van der Waals surface area contributed by atoms with E-state index in [1.54, 1.807) is 6.07 Å². The summed E-state index contributed by atoms with van der Waals surface area (Å²) in [5.41, 5.74) is -0.614. The van der Waals surface area contributed by atoms with Gasteiger partial charge in [-0.3, -0.25) is 0 Å². The molecule has 1 fully saturated rings. The van der Waals surface area contributed by atoms with E-state index in [1.165, 1.54) is 0 Å². The minimum absolute atomic E-state index is 0.0452. The third-order valence-electron chi connectivity index (χ3n) is 2.81. The fourth-order valence-corrected chi connectivity index (χ4v) is 1.74. The van der Waals surface area contributed by atoms with Gasteiger partial charge in [0.2, 0.25) is 5.88 Å². The van der Waals surface area contributed by atoms with Gasteiger partial charge in [-0.15, -0.1) is 0 Å². The van der Waals surface area contributed by atoms with Crippen LogP contribution in [0.3, 0.4) is 0 Å². The van der Waals surface area contributed by atoms with Gasteiger partial charge in [0.15, 0.2) is 0 Å². The quantitative estimate of drug-likeness (QED) is 0.868. The van der Waals surface area contributed by atoms with Crippen molar-refractivity contribution in [2.75, 3.05) is 37.8 Å². The third-order valence-corrected chi connectivity index (χ3v) is 2.81. The fraction of sp³-hybridized carbons (Fsp3) is 0.615. The lowest BCUT2D eigenvalue weighted by molar-refractivity contribution is 0.0373. The molecule has 0 bridgehead atoms. The largest absolute Gasteiger partial charge is 0.469 e. The zero-order valence-corrected chi connectivity index (χ0v) is 10.9. The zero-order valence-electron chi connectivity index (χ0n) is 10.9. The number of hydrogen-bond donors (Lipinski definition) is 1. The van der Waals surface area contributed by atoms with Gasteiger partial charge in [0.05, 0.1) is 19.8 Å². The second-order valence-corrected chi connectivity index (χ2v) is 4.95. The van der Waals surface area contributed by atoms with Crippen LogP contribution in [0.25, 0.3) is 0 Å². The Hall–Kier alpha value is -1.33. The van der Waals surface area contributed by atoms with Gasteiger partial charge < -0.3 is 19.5 Å².